The van der Waals surface area contributed by atoms with E-state index in [1.54, 1.807) is 6.21 Å². The molecule has 112 valence electrons. The maximum atomic E-state index is 11.8. The molecular formula is C18H17BrN2O. The highest BCUT2D eigenvalue weighted by Crippen LogP contribution is 2.10. The highest BCUT2D eigenvalue weighted by molar-refractivity contribution is 9.10. The molecule has 0 aliphatic carbocycles. The fourth-order valence-corrected chi connectivity index (χ4v) is 2.15. The Kier molecular flexibility index (Phi) is 6.10. The molecule has 0 saturated carbocycles. The van der Waals surface area contributed by atoms with Crippen molar-refractivity contribution in [3.63, 3.8) is 0 Å². The fraction of sp³-hybridized carbons (Fsp3) is 0.111. The Morgan fingerprint density at radius 1 is 1.14 bits per heavy atom. The first-order valence-corrected chi connectivity index (χ1v) is 7.72. The van der Waals surface area contributed by atoms with Crippen LogP contribution in [0.2, 0.25) is 0 Å². The van der Waals surface area contributed by atoms with E-state index in [4.69, 9.17) is 0 Å². The molecule has 0 aromatic heterocycles. The molecule has 0 fully saturated rings. The van der Waals surface area contributed by atoms with Crippen LogP contribution >= 0.6 is 15.9 Å². The second kappa shape index (κ2) is 8.29. The van der Waals surface area contributed by atoms with Crippen LogP contribution in [0.25, 0.3) is 6.08 Å². The van der Waals surface area contributed by atoms with Gasteiger partial charge in [0.2, 0.25) is 5.91 Å². The fourth-order valence-electron chi connectivity index (χ4n) is 1.88. The number of nitrogens with zero attached hydrogens (tertiary/aromatic N) is 1. The number of hydrogen-bond donors (Lipinski definition) is 1. The van der Waals surface area contributed by atoms with Crippen LogP contribution < -0.4 is 5.43 Å². The van der Waals surface area contributed by atoms with Crippen LogP contribution in [0.5, 0.6) is 0 Å². The number of hydrazone groups is 1. The maximum absolute atomic E-state index is 11.8. The van der Waals surface area contributed by atoms with Crippen molar-refractivity contribution in [2.45, 2.75) is 13.3 Å². The third kappa shape index (κ3) is 5.66. The van der Waals surface area contributed by atoms with Crippen molar-refractivity contribution in [3.05, 3.63) is 75.8 Å². The van der Waals surface area contributed by atoms with Gasteiger partial charge < -0.3 is 0 Å². The number of allylic oxidation sites excluding steroid dienone is 1. The monoisotopic (exact) mass is 356 g/mol. The van der Waals surface area contributed by atoms with Crippen molar-refractivity contribution in [1.82, 2.24) is 5.43 Å². The molecule has 3 nitrogen and oxygen atoms in total. The normalized spacial score (nSPS) is 11.6. The van der Waals surface area contributed by atoms with Gasteiger partial charge in [0.05, 0.1) is 12.6 Å². The van der Waals surface area contributed by atoms with Crippen LogP contribution in [0, 0.1) is 0 Å². The zero-order valence-corrected chi connectivity index (χ0v) is 13.9. The summed E-state index contributed by atoms with van der Waals surface area (Å²) in [5.41, 5.74) is 5.56. The van der Waals surface area contributed by atoms with Crippen molar-refractivity contribution in [2.24, 2.45) is 5.10 Å². The average molecular weight is 357 g/mol. The highest BCUT2D eigenvalue weighted by Gasteiger charge is 2.01. The standard InChI is InChI=1S/C18H17BrN2O/c1-14(11-15-5-3-2-4-6-15)13-20-21-18(22)12-16-7-9-17(19)10-8-16/h2-11,13H,12H2,1H3,(H,21,22). The first kappa shape index (κ1) is 16.2. The van der Waals surface area contributed by atoms with Gasteiger partial charge in [0.1, 0.15) is 0 Å². The molecule has 4 heteroatoms. The molecular weight excluding hydrogens is 340 g/mol. The summed E-state index contributed by atoms with van der Waals surface area (Å²) in [4.78, 5) is 11.8. The Balaban J connectivity index is 1.85. The van der Waals surface area contributed by atoms with Crippen LogP contribution in [0.15, 0.2) is 69.7 Å². The van der Waals surface area contributed by atoms with Gasteiger partial charge in [0, 0.05) is 4.47 Å². The summed E-state index contributed by atoms with van der Waals surface area (Å²) in [6.45, 7) is 1.94. The highest BCUT2D eigenvalue weighted by atomic mass is 79.9. The van der Waals surface area contributed by atoms with Crippen molar-refractivity contribution in [3.8, 4) is 0 Å². The molecule has 0 atom stereocenters. The summed E-state index contributed by atoms with van der Waals surface area (Å²) in [7, 11) is 0. The zero-order chi connectivity index (χ0) is 15.8. The third-order valence-corrected chi connectivity index (χ3v) is 3.46. The molecule has 2 aromatic rings. The smallest absolute Gasteiger partial charge is 0.244 e. The lowest BCUT2D eigenvalue weighted by Crippen LogP contribution is -2.19. The van der Waals surface area contributed by atoms with E-state index >= 15 is 0 Å². The molecule has 0 radical (unpaired) electrons. The molecule has 0 unspecified atom stereocenters. The molecule has 0 aliphatic heterocycles. The van der Waals surface area contributed by atoms with E-state index in [1.165, 1.54) is 0 Å². The van der Waals surface area contributed by atoms with Crippen LogP contribution in [0.3, 0.4) is 0 Å². The number of carbonyl (C=O) groups excluding carboxylic acids is 1. The van der Waals surface area contributed by atoms with E-state index in [2.05, 4.69) is 26.5 Å². The Hall–Kier alpha value is -2.20. The van der Waals surface area contributed by atoms with E-state index in [-0.39, 0.29) is 5.91 Å². The first-order chi connectivity index (χ1) is 10.6. The van der Waals surface area contributed by atoms with Gasteiger partial charge in [-0.05, 0) is 35.8 Å². The Morgan fingerprint density at radius 2 is 1.82 bits per heavy atom. The van der Waals surface area contributed by atoms with Gasteiger partial charge in [-0.3, -0.25) is 4.79 Å². The van der Waals surface area contributed by atoms with E-state index in [0.29, 0.717) is 6.42 Å². The van der Waals surface area contributed by atoms with E-state index in [0.717, 1.165) is 21.2 Å². The lowest BCUT2D eigenvalue weighted by atomic mass is 10.1. The number of amides is 1. The first-order valence-electron chi connectivity index (χ1n) is 6.93. The topological polar surface area (TPSA) is 41.5 Å². The largest absolute Gasteiger partial charge is 0.273 e. The molecule has 0 aliphatic rings. The number of nitrogens with one attached hydrogen (secondary N) is 1. The number of carbonyl (C=O) groups is 1. The van der Waals surface area contributed by atoms with Gasteiger partial charge in [-0.25, -0.2) is 5.43 Å². The Labute approximate surface area is 138 Å². The van der Waals surface area contributed by atoms with Crippen LogP contribution in [-0.4, -0.2) is 12.1 Å². The quantitative estimate of drug-likeness (QED) is 0.633. The lowest BCUT2D eigenvalue weighted by molar-refractivity contribution is -0.120. The summed E-state index contributed by atoms with van der Waals surface area (Å²) in [6, 6.07) is 17.6. The predicted molar refractivity (Wildman–Crippen MR) is 94.6 cm³/mol. The van der Waals surface area contributed by atoms with Crippen molar-refractivity contribution < 1.29 is 4.79 Å². The van der Waals surface area contributed by atoms with Crippen LogP contribution in [-0.2, 0) is 11.2 Å². The van der Waals surface area contributed by atoms with Gasteiger partial charge in [-0.15, -0.1) is 0 Å². The number of hydrogen-bond acceptors (Lipinski definition) is 2. The average Bonchev–Trinajstić information content (AvgIpc) is 2.50. The van der Waals surface area contributed by atoms with Gasteiger partial charge in [-0.2, -0.15) is 5.10 Å². The zero-order valence-electron chi connectivity index (χ0n) is 12.3. The number of benzene rings is 2. The van der Waals surface area contributed by atoms with Gasteiger partial charge in [-0.1, -0.05) is 64.5 Å². The minimum atomic E-state index is -0.133. The third-order valence-electron chi connectivity index (χ3n) is 2.93. The SMILES string of the molecule is CC(C=NNC(=O)Cc1ccc(Br)cc1)=Cc1ccccc1. The van der Waals surface area contributed by atoms with Gasteiger partial charge in [0.25, 0.3) is 0 Å². The summed E-state index contributed by atoms with van der Waals surface area (Å²) in [5, 5.41) is 3.98. The van der Waals surface area contributed by atoms with Crippen LogP contribution in [0.1, 0.15) is 18.1 Å². The number of rotatable bonds is 5. The van der Waals surface area contributed by atoms with E-state index in [1.807, 2.05) is 67.6 Å². The number of halogens is 1. The van der Waals surface area contributed by atoms with Crippen molar-refractivity contribution >= 4 is 34.1 Å². The van der Waals surface area contributed by atoms with Crippen molar-refractivity contribution in [2.75, 3.05) is 0 Å². The summed E-state index contributed by atoms with van der Waals surface area (Å²) >= 11 is 3.37. The minimum absolute atomic E-state index is 0.133. The second-order valence-corrected chi connectivity index (χ2v) is 5.81. The van der Waals surface area contributed by atoms with E-state index < -0.39 is 0 Å². The molecule has 0 heterocycles. The lowest BCUT2D eigenvalue weighted by Gasteiger charge is -2.01. The molecule has 0 saturated heterocycles. The summed E-state index contributed by atoms with van der Waals surface area (Å²) in [6.07, 6.45) is 3.96. The van der Waals surface area contributed by atoms with Gasteiger partial charge in [0.15, 0.2) is 0 Å². The molecule has 1 N–H and O–H groups in total. The van der Waals surface area contributed by atoms with Crippen molar-refractivity contribution in [1.29, 1.82) is 0 Å². The van der Waals surface area contributed by atoms with Gasteiger partial charge >= 0.3 is 0 Å². The predicted octanol–water partition coefficient (Wildman–Crippen LogP) is 4.20. The Bertz CT molecular complexity index is 676. The molecule has 1 amide bonds. The minimum Gasteiger partial charge on any atom is -0.273 e. The summed E-state index contributed by atoms with van der Waals surface area (Å²) in [5.74, 6) is -0.133. The summed E-state index contributed by atoms with van der Waals surface area (Å²) < 4.78 is 0.997. The second-order valence-electron chi connectivity index (χ2n) is 4.90. The molecule has 2 rings (SSSR count). The molecule has 0 spiro atoms. The van der Waals surface area contributed by atoms with Crippen LogP contribution in [0.4, 0.5) is 0 Å². The molecule has 22 heavy (non-hydrogen) atoms. The molecule has 2 aromatic carbocycles. The molecule has 0 bridgehead atoms. The Morgan fingerprint density at radius 3 is 2.50 bits per heavy atom. The maximum Gasteiger partial charge on any atom is 0.244 e. The van der Waals surface area contributed by atoms with E-state index in [9.17, 15) is 4.79 Å².